The highest BCUT2D eigenvalue weighted by Crippen LogP contribution is 2.50. The van der Waals surface area contributed by atoms with E-state index in [9.17, 15) is 9.18 Å². The molecule has 1 spiro atoms. The molecule has 130 valence electrons. The van der Waals surface area contributed by atoms with Crippen LogP contribution in [0.25, 0.3) is 16.9 Å². The summed E-state index contributed by atoms with van der Waals surface area (Å²) < 4.78 is 15.2. The zero-order valence-corrected chi connectivity index (χ0v) is 14.4. The minimum absolute atomic E-state index is 0.0485. The number of benzene rings is 1. The zero-order chi connectivity index (χ0) is 17.9. The van der Waals surface area contributed by atoms with Crippen LogP contribution in [0.3, 0.4) is 0 Å². The number of hydrogen-bond acceptors (Lipinski definition) is 2. The predicted molar refractivity (Wildman–Crippen MR) is 96.6 cm³/mol. The van der Waals surface area contributed by atoms with Crippen LogP contribution in [0.4, 0.5) is 4.39 Å². The molecule has 2 aliphatic rings. The van der Waals surface area contributed by atoms with Gasteiger partial charge in [0.2, 0.25) is 0 Å². The predicted octanol–water partition coefficient (Wildman–Crippen LogP) is 4.14. The molecule has 0 radical (unpaired) electrons. The summed E-state index contributed by atoms with van der Waals surface area (Å²) in [5.41, 5.74) is 4.23. The molecule has 2 aromatic heterocycles. The lowest BCUT2D eigenvalue weighted by Gasteiger charge is -2.48. The van der Waals surface area contributed by atoms with E-state index in [2.05, 4.69) is 17.1 Å². The van der Waals surface area contributed by atoms with Gasteiger partial charge in [-0.3, -0.25) is 9.78 Å². The van der Waals surface area contributed by atoms with Gasteiger partial charge in [0.05, 0.1) is 23.1 Å². The first kappa shape index (κ1) is 15.3. The van der Waals surface area contributed by atoms with Crippen molar-refractivity contribution in [2.24, 2.45) is 0 Å². The number of halogens is 1. The van der Waals surface area contributed by atoms with Gasteiger partial charge in [0.25, 0.3) is 5.91 Å². The molecule has 1 amide bonds. The van der Waals surface area contributed by atoms with Gasteiger partial charge in [0.1, 0.15) is 11.5 Å². The number of fused-ring (bicyclic) bond motifs is 4. The van der Waals surface area contributed by atoms with Crippen molar-refractivity contribution in [1.82, 2.24) is 14.5 Å². The Hall–Kier alpha value is -2.95. The summed E-state index contributed by atoms with van der Waals surface area (Å²) in [6.07, 6.45) is 6.22. The van der Waals surface area contributed by atoms with Crippen molar-refractivity contribution >= 4 is 5.91 Å². The van der Waals surface area contributed by atoms with Gasteiger partial charge >= 0.3 is 0 Å². The average molecular weight is 347 g/mol. The number of pyridine rings is 1. The Bertz CT molecular complexity index is 1020. The van der Waals surface area contributed by atoms with E-state index in [1.165, 1.54) is 17.8 Å². The zero-order valence-electron chi connectivity index (χ0n) is 14.4. The highest BCUT2D eigenvalue weighted by Gasteiger charge is 2.48. The van der Waals surface area contributed by atoms with Crippen molar-refractivity contribution in [3.8, 4) is 16.9 Å². The van der Waals surface area contributed by atoms with Gasteiger partial charge < -0.3 is 9.47 Å². The molecule has 1 aliphatic heterocycles. The number of amides is 1. The molecule has 0 atom stereocenters. The molecule has 0 unspecified atom stereocenters. The number of carbonyl (C=O) groups excluding carboxylic acids is 1. The summed E-state index contributed by atoms with van der Waals surface area (Å²) >= 11 is 0. The Balaban J connectivity index is 1.75. The lowest BCUT2D eigenvalue weighted by Crippen LogP contribution is -2.51. The van der Waals surface area contributed by atoms with Crippen LogP contribution in [-0.4, -0.2) is 27.4 Å². The van der Waals surface area contributed by atoms with Gasteiger partial charge in [0.15, 0.2) is 0 Å². The first-order valence-electron chi connectivity index (χ1n) is 8.82. The smallest absolute Gasteiger partial charge is 0.271 e. The fraction of sp³-hybridized carbons (Fsp3) is 0.238. The van der Waals surface area contributed by atoms with E-state index in [1.807, 2.05) is 40.9 Å². The van der Waals surface area contributed by atoms with Crippen molar-refractivity contribution in [2.75, 3.05) is 7.05 Å². The van der Waals surface area contributed by atoms with Crippen molar-refractivity contribution in [2.45, 2.75) is 24.8 Å². The van der Waals surface area contributed by atoms with Crippen LogP contribution >= 0.6 is 0 Å². The van der Waals surface area contributed by atoms with Crippen molar-refractivity contribution < 1.29 is 9.18 Å². The fourth-order valence-corrected chi connectivity index (χ4v) is 4.26. The Labute approximate surface area is 150 Å². The van der Waals surface area contributed by atoms with E-state index in [4.69, 9.17) is 0 Å². The van der Waals surface area contributed by atoms with Crippen LogP contribution in [0, 0.1) is 5.82 Å². The number of aromatic nitrogens is 2. The normalized spacial score (nSPS) is 17.5. The van der Waals surface area contributed by atoms with E-state index >= 15 is 0 Å². The van der Waals surface area contributed by atoms with Crippen LogP contribution in [0.15, 0.2) is 54.9 Å². The molecule has 0 bridgehead atoms. The molecular formula is C21H18FN3O. The van der Waals surface area contributed by atoms with Crippen LogP contribution in [0.5, 0.6) is 0 Å². The summed E-state index contributed by atoms with van der Waals surface area (Å²) in [5, 5.41) is 0. The van der Waals surface area contributed by atoms with E-state index < -0.39 is 0 Å². The molecule has 4 nitrogen and oxygen atoms in total. The highest BCUT2D eigenvalue weighted by molar-refractivity contribution is 5.95. The third kappa shape index (κ3) is 1.94. The van der Waals surface area contributed by atoms with Gasteiger partial charge in [-0.25, -0.2) is 4.39 Å². The lowest BCUT2D eigenvalue weighted by molar-refractivity contribution is 0.0270. The molecule has 1 fully saturated rings. The third-order valence-electron chi connectivity index (χ3n) is 5.88. The standard InChI is InChI=1S/C21H18FN3O/c1-24-20(26)18-4-2-11-25(18)19-12-14(17-8-6-15(22)13-23-17)5-7-16(19)21(24)9-3-10-21/h2,4-8,11-13H,3,9-10H2,1H3. The molecule has 5 rings (SSSR count). The summed E-state index contributed by atoms with van der Waals surface area (Å²) in [7, 11) is 1.91. The molecule has 1 aromatic carbocycles. The van der Waals surface area contributed by atoms with E-state index in [0.29, 0.717) is 5.69 Å². The van der Waals surface area contributed by atoms with Crippen LogP contribution in [0.1, 0.15) is 35.3 Å². The molecule has 26 heavy (non-hydrogen) atoms. The maximum atomic E-state index is 13.2. The molecule has 1 aliphatic carbocycles. The van der Waals surface area contributed by atoms with Gasteiger partial charge in [0, 0.05) is 24.4 Å². The van der Waals surface area contributed by atoms with Gasteiger partial charge in [-0.2, -0.15) is 0 Å². The van der Waals surface area contributed by atoms with Crippen molar-refractivity contribution in [1.29, 1.82) is 0 Å². The molecular weight excluding hydrogens is 329 g/mol. The fourth-order valence-electron chi connectivity index (χ4n) is 4.26. The molecule has 3 aromatic rings. The Morgan fingerprint density at radius 2 is 2.00 bits per heavy atom. The second-order valence-corrected chi connectivity index (χ2v) is 7.11. The largest absolute Gasteiger partial charge is 0.331 e. The maximum Gasteiger partial charge on any atom is 0.271 e. The second-order valence-electron chi connectivity index (χ2n) is 7.11. The quantitative estimate of drug-likeness (QED) is 0.663. The second kappa shape index (κ2) is 5.27. The average Bonchev–Trinajstić information content (AvgIpc) is 3.08. The topological polar surface area (TPSA) is 38.1 Å². The number of rotatable bonds is 1. The molecule has 0 N–H and O–H groups in total. The molecule has 0 saturated heterocycles. The summed E-state index contributed by atoms with van der Waals surface area (Å²) in [6.45, 7) is 0. The number of hydrogen-bond donors (Lipinski definition) is 0. The lowest BCUT2D eigenvalue weighted by atomic mass is 9.70. The minimum Gasteiger partial charge on any atom is -0.331 e. The first-order chi connectivity index (χ1) is 12.6. The monoisotopic (exact) mass is 347 g/mol. The van der Waals surface area contributed by atoms with Crippen molar-refractivity contribution in [3.63, 3.8) is 0 Å². The van der Waals surface area contributed by atoms with Gasteiger partial charge in [-0.05, 0) is 49.6 Å². The van der Waals surface area contributed by atoms with Crippen LogP contribution in [-0.2, 0) is 5.54 Å². The van der Waals surface area contributed by atoms with Gasteiger partial charge in [-0.1, -0.05) is 12.1 Å². The van der Waals surface area contributed by atoms with E-state index in [0.717, 1.165) is 36.2 Å². The first-order valence-corrected chi connectivity index (χ1v) is 8.82. The SMILES string of the molecule is CN1C(=O)c2cccn2-c2cc(-c3ccc(F)cn3)ccc2C12CCC2. The minimum atomic E-state index is -0.350. The maximum absolute atomic E-state index is 13.2. The Kier molecular flexibility index (Phi) is 3.11. The van der Waals surface area contributed by atoms with Gasteiger partial charge in [-0.15, -0.1) is 0 Å². The summed E-state index contributed by atoms with van der Waals surface area (Å²) in [6, 6.07) is 13.0. The third-order valence-corrected chi connectivity index (χ3v) is 5.88. The van der Waals surface area contributed by atoms with E-state index in [-0.39, 0.29) is 17.3 Å². The van der Waals surface area contributed by atoms with Crippen LogP contribution in [0.2, 0.25) is 0 Å². The molecule has 5 heteroatoms. The number of nitrogens with zero attached hydrogens (tertiary/aromatic N) is 3. The molecule has 3 heterocycles. The van der Waals surface area contributed by atoms with Crippen molar-refractivity contribution in [3.05, 3.63) is 71.9 Å². The number of carbonyl (C=O) groups is 1. The van der Waals surface area contributed by atoms with E-state index in [1.54, 1.807) is 6.07 Å². The Morgan fingerprint density at radius 3 is 2.69 bits per heavy atom. The molecule has 1 saturated carbocycles. The highest BCUT2D eigenvalue weighted by atomic mass is 19.1. The van der Waals surface area contributed by atoms with Crippen LogP contribution < -0.4 is 0 Å². The summed E-state index contributed by atoms with van der Waals surface area (Å²) in [4.78, 5) is 19.1. The Morgan fingerprint density at radius 1 is 1.15 bits per heavy atom. The summed E-state index contributed by atoms with van der Waals surface area (Å²) in [5.74, 6) is -0.302.